The molecule has 6 unspecified atom stereocenters. The Hall–Kier alpha value is -2.80. The van der Waals surface area contributed by atoms with Crippen LogP contribution in [0.15, 0.2) is 24.3 Å². The molecule has 12 heteroatoms. The van der Waals surface area contributed by atoms with E-state index in [-0.39, 0.29) is 25.9 Å². The summed E-state index contributed by atoms with van der Waals surface area (Å²) in [6, 6.07) is 0. The summed E-state index contributed by atoms with van der Waals surface area (Å²) in [6.07, 6.45) is 55.6. The molecule has 0 amide bonds. The number of aliphatic hydroxyl groups is 2. The molecule has 0 aromatic rings. The number of carboxylic acids is 1. The van der Waals surface area contributed by atoms with Crippen molar-refractivity contribution in [3.05, 3.63) is 24.3 Å². The van der Waals surface area contributed by atoms with Crippen molar-refractivity contribution < 1.29 is 58.2 Å². The van der Waals surface area contributed by atoms with Gasteiger partial charge in [-0.05, 0) is 70.6 Å². The number of ether oxygens (including phenoxy) is 5. The summed E-state index contributed by atoms with van der Waals surface area (Å²) < 4.78 is 28.6. The Labute approximate surface area is 496 Å². The first-order valence-corrected chi connectivity index (χ1v) is 34.3. The van der Waals surface area contributed by atoms with Gasteiger partial charge in [-0.3, -0.25) is 14.4 Å². The molecule has 0 aromatic carbocycles. The third kappa shape index (κ3) is 47.2. The predicted molar refractivity (Wildman–Crippen MR) is 331 cm³/mol. The first-order valence-electron chi connectivity index (χ1n) is 34.3. The standard InChI is InChI=1S/C69H126O12/c1-4-7-10-13-16-19-22-25-27-29-31-33-35-38-40-43-46-49-52-55-61(70)77-58-60(79-62(71)56-53-50-47-44-41-37-24-21-18-15-12-9-6-3)59-78-69-67(65(74)64(73)66(81-69)68(75)76)80-63(72)57-54-51-48-45-42-39-36-34-32-30-28-26-23-20-17-14-11-8-5-2/h25-28,60,64-67,69,73-74H,4-24,29-59H2,1-3H3,(H,75,76)/b27-25-,28-26-. The molecule has 0 bridgehead atoms. The van der Waals surface area contributed by atoms with Crippen molar-refractivity contribution in [3.63, 3.8) is 0 Å². The van der Waals surface area contributed by atoms with Crippen molar-refractivity contribution in [2.24, 2.45) is 0 Å². The van der Waals surface area contributed by atoms with Crippen molar-refractivity contribution in [3.8, 4) is 0 Å². The number of allylic oxidation sites excluding steroid dienone is 4. The number of carbonyl (C=O) groups is 4. The molecule has 0 aromatic heterocycles. The first-order chi connectivity index (χ1) is 39.6. The molecule has 1 aliphatic rings. The highest BCUT2D eigenvalue weighted by atomic mass is 16.7. The topological polar surface area (TPSA) is 175 Å². The molecule has 1 heterocycles. The zero-order valence-corrected chi connectivity index (χ0v) is 52.6. The molecule has 1 fully saturated rings. The SMILES string of the molecule is CCCCCCCC/C=C\CCCCCCCCCCCC(=O)OCC(COC1OC(C(=O)O)C(O)C(O)C1OC(=O)CCCCCCCCCCC/C=C\CCCCCCCC)OC(=O)CCCCCCCCCCCCCCC. The third-order valence-electron chi connectivity index (χ3n) is 16.0. The average Bonchev–Trinajstić information content (AvgIpc) is 3.45. The van der Waals surface area contributed by atoms with Gasteiger partial charge in [0.15, 0.2) is 24.6 Å². The van der Waals surface area contributed by atoms with Crippen LogP contribution in [0.5, 0.6) is 0 Å². The van der Waals surface area contributed by atoms with E-state index in [1.54, 1.807) is 0 Å². The summed E-state index contributed by atoms with van der Waals surface area (Å²) in [4.78, 5) is 51.4. The van der Waals surface area contributed by atoms with Crippen molar-refractivity contribution in [1.82, 2.24) is 0 Å². The lowest BCUT2D eigenvalue weighted by atomic mass is 9.98. The van der Waals surface area contributed by atoms with Gasteiger partial charge in [0.05, 0.1) is 6.61 Å². The largest absolute Gasteiger partial charge is 0.479 e. The fraction of sp³-hybridized carbons (Fsp3) is 0.884. The minimum absolute atomic E-state index is 0.0633. The zero-order valence-electron chi connectivity index (χ0n) is 52.6. The van der Waals surface area contributed by atoms with E-state index in [1.807, 2.05) is 0 Å². The summed E-state index contributed by atoms with van der Waals surface area (Å²) in [5.41, 5.74) is 0. The van der Waals surface area contributed by atoms with E-state index in [0.717, 1.165) is 70.6 Å². The number of hydrogen-bond donors (Lipinski definition) is 3. The highest BCUT2D eigenvalue weighted by molar-refractivity contribution is 5.74. The number of hydrogen-bond acceptors (Lipinski definition) is 11. The van der Waals surface area contributed by atoms with Crippen LogP contribution >= 0.6 is 0 Å². The van der Waals surface area contributed by atoms with Gasteiger partial charge in [-0.1, -0.05) is 276 Å². The van der Waals surface area contributed by atoms with Crippen LogP contribution in [-0.2, 0) is 42.9 Å². The van der Waals surface area contributed by atoms with Crippen molar-refractivity contribution in [2.75, 3.05) is 13.2 Å². The molecule has 1 rings (SSSR count). The van der Waals surface area contributed by atoms with E-state index in [1.165, 1.54) is 212 Å². The molecule has 81 heavy (non-hydrogen) atoms. The minimum Gasteiger partial charge on any atom is -0.479 e. The van der Waals surface area contributed by atoms with Gasteiger partial charge in [0.25, 0.3) is 0 Å². The Balaban J connectivity index is 2.60. The second-order valence-corrected chi connectivity index (χ2v) is 23.8. The van der Waals surface area contributed by atoms with Crippen molar-refractivity contribution >= 4 is 23.9 Å². The summed E-state index contributed by atoms with van der Waals surface area (Å²) in [6.45, 7) is 6.05. The molecule has 474 valence electrons. The van der Waals surface area contributed by atoms with Crippen LogP contribution in [-0.4, -0.2) is 89.2 Å². The number of carbonyl (C=O) groups excluding carboxylic acids is 3. The Morgan fingerprint density at radius 1 is 0.395 bits per heavy atom. The average molecular weight is 1150 g/mol. The second-order valence-electron chi connectivity index (χ2n) is 23.8. The lowest BCUT2D eigenvalue weighted by Gasteiger charge is -2.40. The Morgan fingerprint density at radius 3 is 1.05 bits per heavy atom. The van der Waals surface area contributed by atoms with Crippen LogP contribution in [0.3, 0.4) is 0 Å². The van der Waals surface area contributed by atoms with E-state index in [4.69, 9.17) is 23.7 Å². The molecule has 0 saturated carbocycles. The minimum atomic E-state index is -1.90. The molecule has 6 atom stereocenters. The highest BCUT2D eigenvalue weighted by Gasteiger charge is 2.50. The number of carboxylic acid groups (broad SMARTS) is 1. The Bertz CT molecular complexity index is 1500. The summed E-state index contributed by atoms with van der Waals surface area (Å²) in [5.74, 6) is -3.08. The summed E-state index contributed by atoms with van der Waals surface area (Å²) >= 11 is 0. The monoisotopic (exact) mass is 1150 g/mol. The van der Waals surface area contributed by atoms with E-state index >= 15 is 0 Å². The fourth-order valence-corrected chi connectivity index (χ4v) is 10.7. The molecule has 3 N–H and O–H groups in total. The number of rotatable bonds is 60. The molecule has 0 spiro atoms. The van der Waals surface area contributed by atoms with E-state index < -0.39 is 67.3 Å². The maximum atomic E-state index is 13.2. The number of aliphatic hydroxyl groups excluding tert-OH is 2. The lowest BCUT2D eigenvalue weighted by molar-refractivity contribution is -0.301. The van der Waals surface area contributed by atoms with Gasteiger partial charge in [0, 0.05) is 19.3 Å². The molecular weight excluding hydrogens is 1020 g/mol. The van der Waals surface area contributed by atoms with E-state index in [2.05, 4.69) is 45.1 Å². The van der Waals surface area contributed by atoms with Crippen molar-refractivity contribution in [2.45, 2.75) is 379 Å². The quantitative estimate of drug-likeness (QED) is 0.0228. The Kier molecular flexibility index (Phi) is 54.2. The molecule has 1 saturated heterocycles. The van der Waals surface area contributed by atoms with E-state index in [0.29, 0.717) is 19.3 Å². The van der Waals surface area contributed by atoms with Gasteiger partial charge < -0.3 is 39.0 Å². The maximum absolute atomic E-state index is 13.2. The van der Waals surface area contributed by atoms with Crippen molar-refractivity contribution in [1.29, 1.82) is 0 Å². The second kappa shape index (κ2) is 57.6. The molecule has 1 aliphatic heterocycles. The molecular formula is C69H126O12. The lowest BCUT2D eigenvalue weighted by Crippen LogP contribution is -2.61. The van der Waals surface area contributed by atoms with Crippen LogP contribution in [0, 0.1) is 0 Å². The van der Waals surface area contributed by atoms with Crippen LogP contribution in [0.4, 0.5) is 0 Å². The van der Waals surface area contributed by atoms with Gasteiger partial charge >= 0.3 is 23.9 Å². The predicted octanol–water partition coefficient (Wildman–Crippen LogP) is 18.6. The Morgan fingerprint density at radius 2 is 0.704 bits per heavy atom. The van der Waals surface area contributed by atoms with Gasteiger partial charge in [0.2, 0.25) is 0 Å². The number of aliphatic carboxylic acids is 1. The maximum Gasteiger partial charge on any atom is 0.335 e. The van der Waals surface area contributed by atoms with E-state index in [9.17, 15) is 34.5 Å². The first kappa shape index (κ1) is 76.2. The summed E-state index contributed by atoms with van der Waals surface area (Å²) in [5, 5.41) is 31.6. The smallest absolute Gasteiger partial charge is 0.335 e. The fourth-order valence-electron chi connectivity index (χ4n) is 10.7. The van der Waals surface area contributed by atoms with Crippen LogP contribution in [0.1, 0.15) is 342 Å². The third-order valence-corrected chi connectivity index (χ3v) is 16.0. The van der Waals surface area contributed by atoms with Crippen LogP contribution in [0.25, 0.3) is 0 Å². The molecule has 0 radical (unpaired) electrons. The van der Waals surface area contributed by atoms with Crippen LogP contribution < -0.4 is 0 Å². The zero-order chi connectivity index (χ0) is 58.9. The van der Waals surface area contributed by atoms with Crippen LogP contribution in [0.2, 0.25) is 0 Å². The van der Waals surface area contributed by atoms with Gasteiger partial charge in [-0.25, -0.2) is 4.79 Å². The van der Waals surface area contributed by atoms with Gasteiger partial charge in [-0.15, -0.1) is 0 Å². The number of unbranched alkanes of at least 4 members (excludes halogenated alkanes) is 42. The molecule has 12 nitrogen and oxygen atoms in total. The molecule has 0 aliphatic carbocycles. The van der Waals surface area contributed by atoms with Gasteiger partial charge in [0.1, 0.15) is 18.8 Å². The number of esters is 3. The highest BCUT2D eigenvalue weighted by Crippen LogP contribution is 2.27. The summed E-state index contributed by atoms with van der Waals surface area (Å²) in [7, 11) is 0. The normalized spacial score (nSPS) is 17.8. The van der Waals surface area contributed by atoms with Gasteiger partial charge in [-0.2, -0.15) is 0 Å².